The van der Waals surface area contributed by atoms with Crippen molar-refractivity contribution in [3.63, 3.8) is 0 Å². The molecule has 2 aliphatic rings. The third kappa shape index (κ3) is 3.85. The minimum Gasteiger partial charge on any atom is -0.429 e. The Hall–Kier alpha value is -4.14. The summed E-state index contributed by atoms with van der Waals surface area (Å²) >= 11 is 0. The Morgan fingerprint density at radius 1 is 1.08 bits per heavy atom. The predicted octanol–water partition coefficient (Wildman–Crippen LogP) is 4.38. The zero-order valence-corrected chi connectivity index (χ0v) is 21.8. The molecule has 1 aliphatic heterocycles. The number of carbonyl (C=O) groups is 1. The van der Waals surface area contributed by atoms with Gasteiger partial charge in [0.25, 0.3) is 17.5 Å². The topological polar surface area (TPSA) is 98.2 Å². The molecule has 9 heteroatoms. The summed E-state index contributed by atoms with van der Waals surface area (Å²) in [4.78, 5) is 37.0. The molecule has 1 N–H and O–H groups in total. The summed E-state index contributed by atoms with van der Waals surface area (Å²) < 4.78 is 9.23. The van der Waals surface area contributed by atoms with Gasteiger partial charge in [0, 0.05) is 43.8 Å². The van der Waals surface area contributed by atoms with E-state index in [1.165, 1.54) is 15.8 Å². The van der Waals surface area contributed by atoms with Crippen LogP contribution in [0.4, 0.5) is 17.5 Å². The molecular formula is C28H30N6O3. The van der Waals surface area contributed by atoms with Crippen molar-refractivity contribution in [3.05, 3.63) is 75.4 Å². The molecule has 4 aromatic rings. The van der Waals surface area contributed by atoms with E-state index in [2.05, 4.69) is 39.8 Å². The van der Waals surface area contributed by atoms with Crippen molar-refractivity contribution >= 4 is 23.4 Å². The number of pyridine rings is 2. The highest BCUT2D eigenvalue weighted by Crippen LogP contribution is 2.40. The van der Waals surface area contributed by atoms with Crippen molar-refractivity contribution in [1.29, 1.82) is 0 Å². The molecule has 0 unspecified atom stereocenters. The molecule has 0 atom stereocenters. The maximum atomic E-state index is 13.6. The third-order valence-electron chi connectivity index (χ3n) is 7.42. The number of hydrogen-bond acceptors (Lipinski definition) is 6. The van der Waals surface area contributed by atoms with E-state index in [-0.39, 0.29) is 22.9 Å². The van der Waals surface area contributed by atoms with Gasteiger partial charge in [-0.15, -0.1) is 0 Å². The van der Waals surface area contributed by atoms with Gasteiger partial charge >= 0.3 is 0 Å². The summed E-state index contributed by atoms with van der Waals surface area (Å²) in [6, 6.07) is 6.03. The second kappa shape index (κ2) is 8.19. The van der Waals surface area contributed by atoms with Gasteiger partial charge in [-0.25, -0.2) is 9.97 Å². The molecule has 1 aliphatic carbocycles. The smallest absolute Gasteiger partial charge is 0.299 e. The van der Waals surface area contributed by atoms with Crippen LogP contribution in [-0.4, -0.2) is 31.6 Å². The van der Waals surface area contributed by atoms with Crippen LogP contribution >= 0.6 is 0 Å². The van der Waals surface area contributed by atoms with Gasteiger partial charge in [0.1, 0.15) is 23.0 Å². The van der Waals surface area contributed by atoms with Crippen LogP contribution in [0.3, 0.4) is 0 Å². The summed E-state index contributed by atoms with van der Waals surface area (Å²) in [5.74, 6) is 1.27. The molecule has 0 aromatic carbocycles. The molecule has 5 heterocycles. The second-order valence-corrected chi connectivity index (χ2v) is 10.9. The lowest BCUT2D eigenvalue weighted by atomic mass is 9.90. The quantitative estimate of drug-likeness (QED) is 0.448. The minimum atomic E-state index is -0.199. The Morgan fingerprint density at radius 2 is 1.89 bits per heavy atom. The summed E-state index contributed by atoms with van der Waals surface area (Å²) in [7, 11) is 1.71. The standard InChI is InChI=1S/C28H30N6O3/c1-16-14-30-27(37-16)31-21-10-19(15-32(5)25(21)35)20-6-7-29-24(17(20)2)34-9-8-33-22(26(34)36)11-18-12-28(3,4)13-23(18)33/h6-7,10-11,14-15H,8-9,12-13H2,1-5H3,(H,30,31). The van der Waals surface area contributed by atoms with Gasteiger partial charge in [-0.3, -0.25) is 14.5 Å². The van der Waals surface area contributed by atoms with Gasteiger partial charge in [-0.2, -0.15) is 0 Å². The Kier molecular flexibility index (Phi) is 5.15. The third-order valence-corrected chi connectivity index (χ3v) is 7.42. The first-order valence-electron chi connectivity index (χ1n) is 12.5. The monoisotopic (exact) mass is 498 g/mol. The summed E-state index contributed by atoms with van der Waals surface area (Å²) in [5, 5.41) is 2.99. The molecule has 190 valence electrons. The molecule has 0 saturated carbocycles. The first-order chi connectivity index (χ1) is 17.6. The fraction of sp³-hybridized carbons (Fsp3) is 0.357. The SMILES string of the molecule is Cc1cnc(Nc2cc(-c3ccnc(N4CCn5c(cc6c5CC(C)(C)C6)C4=O)c3C)cn(C)c2=O)o1. The van der Waals surface area contributed by atoms with Crippen LogP contribution in [0, 0.1) is 19.3 Å². The van der Waals surface area contributed by atoms with Gasteiger partial charge in [0.15, 0.2) is 0 Å². The molecule has 1 amide bonds. The Balaban J connectivity index is 1.35. The number of nitrogens with zero attached hydrogens (tertiary/aromatic N) is 5. The van der Waals surface area contributed by atoms with E-state index in [4.69, 9.17) is 4.42 Å². The van der Waals surface area contributed by atoms with Crippen molar-refractivity contribution in [3.8, 4) is 11.1 Å². The van der Waals surface area contributed by atoms with Crippen molar-refractivity contribution in [2.24, 2.45) is 12.5 Å². The zero-order valence-electron chi connectivity index (χ0n) is 21.8. The van der Waals surface area contributed by atoms with Crippen LogP contribution < -0.4 is 15.8 Å². The Bertz CT molecular complexity index is 1620. The Morgan fingerprint density at radius 3 is 2.65 bits per heavy atom. The largest absolute Gasteiger partial charge is 0.429 e. The minimum absolute atomic E-state index is 0.0201. The van der Waals surface area contributed by atoms with Crippen LogP contribution in [0.1, 0.15) is 46.9 Å². The summed E-state index contributed by atoms with van der Waals surface area (Å²) in [5.41, 5.74) is 6.33. The first kappa shape index (κ1) is 23.3. The number of fused-ring (bicyclic) bond motifs is 3. The lowest BCUT2D eigenvalue weighted by Gasteiger charge is -2.30. The zero-order chi connectivity index (χ0) is 26.1. The number of amides is 1. The van der Waals surface area contributed by atoms with E-state index in [1.54, 1.807) is 43.5 Å². The van der Waals surface area contributed by atoms with Crippen LogP contribution in [0.25, 0.3) is 11.1 Å². The number of nitrogens with one attached hydrogen (secondary N) is 1. The van der Waals surface area contributed by atoms with E-state index in [1.807, 2.05) is 13.0 Å². The van der Waals surface area contributed by atoms with E-state index >= 15 is 0 Å². The molecule has 0 spiro atoms. The van der Waals surface area contributed by atoms with Gasteiger partial charge in [0.2, 0.25) is 0 Å². The van der Waals surface area contributed by atoms with Crippen molar-refractivity contribution in [1.82, 2.24) is 19.1 Å². The number of aromatic nitrogens is 4. The molecule has 9 nitrogen and oxygen atoms in total. The highest BCUT2D eigenvalue weighted by Gasteiger charge is 2.37. The molecule has 0 radical (unpaired) electrons. The summed E-state index contributed by atoms with van der Waals surface area (Å²) in [6.07, 6.45) is 7.10. The van der Waals surface area contributed by atoms with Crippen LogP contribution in [0.15, 0.2) is 46.0 Å². The number of anilines is 3. The average molecular weight is 499 g/mol. The predicted molar refractivity (Wildman–Crippen MR) is 141 cm³/mol. The van der Waals surface area contributed by atoms with Crippen LogP contribution in [-0.2, 0) is 26.4 Å². The number of hydrogen-bond donors (Lipinski definition) is 1. The number of rotatable bonds is 4. The first-order valence-corrected chi connectivity index (χ1v) is 12.5. The lowest BCUT2D eigenvalue weighted by Crippen LogP contribution is -2.41. The Labute approximate surface area is 214 Å². The van der Waals surface area contributed by atoms with E-state index < -0.39 is 0 Å². The van der Waals surface area contributed by atoms with Gasteiger partial charge < -0.3 is 18.9 Å². The molecule has 0 saturated heterocycles. The fourth-order valence-electron chi connectivity index (χ4n) is 5.70. The molecule has 6 rings (SSSR count). The molecule has 0 fully saturated rings. The number of aryl methyl sites for hydroxylation is 2. The summed E-state index contributed by atoms with van der Waals surface area (Å²) in [6.45, 7) is 9.64. The number of oxazole rings is 1. The molecule has 37 heavy (non-hydrogen) atoms. The average Bonchev–Trinajstić information content (AvgIpc) is 3.49. The van der Waals surface area contributed by atoms with Gasteiger partial charge in [-0.1, -0.05) is 13.8 Å². The second-order valence-electron chi connectivity index (χ2n) is 10.9. The normalized spacial score (nSPS) is 16.1. The maximum Gasteiger partial charge on any atom is 0.299 e. The van der Waals surface area contributed by atoms with E-state index in [0.29, 0.717) is 23.8 Å². The van der Waals surface area contributed by atoms with Gasteiger partial charge in [0.05, 0.1) is 6.20 Å². The molecule has 4 aromatic heterocycles. The lowest BCUT2D eigenvalue weighted by molar-refractivity contribution is 0.0963. The number of carbonyl (C=O) groups excluding carboxylic acids is 1. The molecule has 0 bridgehead atoms. The highest BCUT2D eigenvalue weighted by atomic mass is 16.4. The van der Waals surface area contributed by atoms with Crippen LogP contribution in [0.5, 0.6) is 0 Å². The van der Waals surface area contributed by atoms with E-state index in [9.17, 15) is 9.59 Å². The van der Waals surface area contributed by atoms with Crippen molar-refractivity contribution in [2.75, 3.05) is 16.8 Å². The van der Waals surface area contributed by atoms with E-state index in [0.717, 1.165) is 41.8 Å². The van der Waals surface area contributed by atoms with Crippen molar-refractivity contribution < 1.29 is 9.21 Å². The molecular weight excluding hydrogens is 468 g/mol. The van der Waals surface area contributed by atoms with Crippen molar-refractivity contribution in [2.45, 2.75) is 47.1 Å². The maximum absolute atomic E-state index is 13.6. The highest BCUT2D eigenvalue weighted by molar-refractivity contribution is 6.06. The van der Waals surface area contributed by atoms with Gasteiger partial charge in [-0.05, 0) is 67.0 Å². The fourth-order valence-corrected chi connectivity index (χ4v) is 5.70. The van der Waals surface area contributed by atoms with Crippen LogP contribution in [0.2, 0.25) is 0 Å².